The molecule has 1 aliphatic carbocycles. The van der Waals surface area contributed by atoms with E-state index in [-0.39, 0.29) is 30.8 Å². The van der Waals surface area contributed by atoms with Gasteiger partial charge in [-0.15, -0.1) is 0 Å². The first-order valence-electron chi connectivity index (χ1n) is 11.6. The van der Waals surface area contributed by atoms with Crippen LogP contribution in [0.4, 0.5) is 16.0 Å². The molecule has 1 aliphatic rings. The number of hydrogen-bond donors (Lipinski definition) is 2. The first kappa shape index (κ1) is 25.2. The first-order chi connectivity index (χ1) is 18.3. The second-order valence-electron chi connectivity index (χ2n) is 8.83. The van der Waals surface area contributed by atoms with Crippen molar-refractivity contribution >= 4 is 29.2 Å². The number of aliphatic carboxylic acids is 1. The molecule has 0 radical (unpaired) electrons. The third-order valence-electron chi connectivity index (χ3n) is 6.09. The molecule has 1 fully saturated rings. The number of pyridine rings is 1. The molecule has 0 saturated heterocycles. The zero-order valence-corrected chi connectivity index (χ0v) is 20.5. The fraction of sp³-hybridized carbons (Fsp3) is 0.192. The van der Waals surface area contributed by atoms with Crippen LogP contribution in [0.5, 0.6) is 11.6 Å². The van der Waals surface area contributed by atoms with Crippen LogP contribution in [-0.4, -0.2) is 30.2 Å². The number of benzene rings is 2. The van der Waals surface area contributed by atoms with Gasteiger partial charge in [-0.1, -0.05) is 23.7 Å². The lowest BCUT2D eigenvalue weighted by Crippen LogP contribution is -2.43. The van der Waals surface area contributed by atoms with E-state index in [2.05, 4.69) is 15.3 Å². The minimum atomic E-state index is -0.946. The molecule has 2 heterocycles. The van der Waals surface area contributed by atoms with Gasteiger partial charge in [-0.05, 0) is 60.4 Å². The number of anilines is 2. The molecule has 2 N–H and O–H groups in total. The number of aromatic nitrogens is 4. The molecule has 1 saturated carbocycles. The van der Waals surface area contributed by atoms with Gasteiger partial charge in [0.15, 0.2) is 0 Å². The Hall–Kier alpha value is -4.51. The normalized spacial score (nSPS) is 16.2. The number of carboxylic acid groups (broad SMARTS) is 1. The highest BCUT2D eigenvalue weighted by molar-refractivity contribution is 6.30. The van der Waals surface area contributed by atoms with Crippen molar-refractivity contribution in [2.24, 2.45) is 11.8 Å². The van der Waals surface area contributed by atoms with Crippen molar-refractivity contribution in [3.05, 3.63) is 104 Å². The van der Waals surface area contributed by atoms with Crippen molar-refractivity contribution in [2.75, 3.05) is 5.32 Å². The Morgan fingerprint density at radius 2 is 1.82 bits per heavy atom. The minimum absolute atomic E-state index is 0.0191. The Balaban J connectivity index is 1.42. The maximum atomic E-state index is 13.4. The molecule has 4 aromatic rings. The number of halogens is 2. The van der Waals surface area contributed by atoms with E-state index in [9.17, 15) is 23.9 Å². The van der Waals surface area contributed by atoms with Crippen LogP contribution in [0, 0.1) is 17.7 Å². The summed E-state index contributed by atoms with van der Waals surface area (Å²) in [6.45, 7) is 0.0715. The molecule has 2 aromatic heterocycles. The predicted octanol–water partition coefficient (Wildman–Crippen LogP) is 3.90. The second kappa shape index (κ2) is 10.5. The van der Waals surface area contributed by atoms with Gasteiger partial charge in [0, 0.05) is 23.3 Å². The lowest BCUT2D eigenvalue weighted by atomic mass is 10.2. The molecule has 0 spiro atoms. The summed E-state index contributed by atoms with van der Waals surface area (Å²) < 4.78 is 20.9. The molecule has 2 atom stereocenters. The van der Waals surface area contributed by atoms with E-state index in [1.807, 2.05) is 0 Å². The summed E-state index contributed by atoms with van der Waals surface area (Å²) in [6, 6.07) is 16.1. The molecule has 12 heteroatoms. The highest BCUT2D eigenvalue weighted by Crippen LogP contribution is 2.39. The van der Waals surface area contributed by atoms with Gasteiger partial charge in [-0.2, -0.15) is 4.98 Å². The lowest BCUT2D eigenvalue weighted by Gasteiger charge is -2.16. The number of nitrogens with zero attached hydrogens (tertiary/aromatic N) is 4. The molecule has 10 nitrogen and oxygen atoms in total. The summed E-state index contributed by atoms with van der Waals surface area (Å²) in [5.41, 5.74) is -0.118. The molecule has 0 aliphatic heterocycles. The van der Waals surface area contributed by atoms with Crippen LogP contribution in [-0.2, 0) is 17.9 Å². The lowest BCUT2D eigenvalue weighted by molar-refractivity contribution is -0.138. The van der Waals surface area contributed by atoms with E-state index in [0.29, 0.717) is 22.9 Å². The quantitative estimate of drug-likeness (QED) is 0.329. The number of carboxylic acids is 1. The number of hydrogen-bond acceptors (Lipinski definition) is 7. The van der Waals surface area contributed by atoms with Gasteiger partial charge in [0.05, 0.1) is 18.7 Å². The predicted molar refractivity (Wildman–Crippen MR) is 137 cm³/mol. The van der Waals surface area contributed by atoms with Crippen molar-refractivity contribution in [3.63, 3.8) is 0 Å². The van der Waals surface area contributed by atoms with E-state index in [1.54, 1.807) is 48.5 Å². The number of carbonyl (C=O) groups is 1. The Kier molecular flexibility index (Phi) is 6.93. The summed E-state index contributed by atoms with van der Waals surface area (Å²) in [4.78, 5) is 45.4. The zero-order chi connectivity index (χ0) is 26.8. The molecule has 0 bridgehead atoms. The maximum Gasteiger partial charge on any atom is 0.354 e. The van der Waals surface area contributed by atoms with Crippen molar-refractivity contribution < 1.29 is 19.0 Å². The highest BCUT2D eigenvalue weighted by Gasteiger charge is 2.43. The van der Waals surface area contributed by atoms with Crippen LogP contribution < -0.4 is 21.4 Å². The van der Waals surface area contributed by atoms with Crippen molar-refractivity contribution in [3.8, 4) is 11.6 Å². The van der Waals surface area contributed by atoms with Gasteiger partial charge < -0.3 is 15.2 Å². The van der Waals surface area contributed by atoms with E-state index < -0.39 is 29.1 Å². The minimum Gasteiger partial charge on any atom is -0.481 e. The smallest absolute Gasteiger partial charge is 0.354 e. The Labute approximate surface area is 219 Å². The molecule has 38 heavy (non-hydrogen) atoms. The monoisotopic (exact) mass is 537 g/mol. The average molecular weight is 538 g/mol. The van der Waals surface area contributed by atoms with E-state index >= 15 is 0 Å². The van der Waals surface area contributed by atoms with Crippen LogP contribution >= 0.6 is 11.6 Å². The number of ether oxygens (including phenoxy) is 1. The summed E-state index contributed by atoms with van der Waals surface area (Å²) >= 11 is 5.99. The molecule has 0 unspecified atom stereocenters. The Morgan fingerprint density at radius 3 is 2.45 bits per heavy atom. The fourth-order valence-corrected chi connectivity index (χ4v) is 4.09. The van der Waals surface area contributed by atoms with Crippen molar-refractivity contribution in [2.45, 2.75) is 19.5 Å². The highest BCUT2D eigenvalue weighted by atomic mass is 35.5. The third kappa shape index (κ3) is 5.73. The van der Waals surface area contributed by atoms with Gasteiger partial charge in [-0.25, -0.2) is 23.5 Å². The number of nitrogens with one attached hydrogen (secondary N) is 1. The van der Waals surface area contributed by atoms with Gasteiger partial charge in [0.2, 0.25) is 11.8 Å². The summed E-state index contributed by atoms with van der Waals surface area (Å²) in [5.74, 6) is -1.62. The molecule has 0 amide bonds. The Bertz CT molecular complexity index is 1590. The maximum absolute atomic E-state index is 13.4. The van der Waals surface area contributed by atoms with Crippen LogP contribution in [0.2, 0.25) is 5.02 Å². The molecule has 194 valence electrons. The molecule has 5 rings (SSSR count). The van der Waals surface area contributed by atoms with E-state index in [1.165, 1.54) is 16.7 Å². The van der Waals surface area contributed by atoms with Crippen LogP contribution in [0.25, 0.3) is 0 Å². The average Bonchev–Trinajstić information content (AvgIpc) is 3.68. The third-order valence-corrected chi connectivity index (χ3v) is 6.35. The topological polar surface area (TPSA) is 128 Å². The summed E-state index contributed by atoms with van der Waals surface area (Å²) in [6.07, 6.45) is 1.45. The second-order valence-corrected chi connectivity index (χ2v) is 9.27. The zero-order valence-electron chi connectivity index (χ0n) is 19.8. The fourth-order valence-electron chi connectivity index (χ4n) is 3.96. The van der Waals surface area contributed by atoms with Gasteiger partial charge >= 0.3 is 17.3 Å². The SMILES string of the molecule is O=C(O)[C@@H]1C[C@@H]1Cn1c(=O)nc(Nc2ccc(Oc3ccc(F)cn3)cc2)n(Cc2ccc(Cl)cc2)c1=O. The number of rotatable bonds is 9. The first-order valence-corrected chi connectivity index (χ1v) is 12.0. The molecule has 2 aromatic carbocycles. The van der Waals surface area contributed by atoms with Crippen LogP contribution in [0.1, 0.15) is 12.0 Å². The standard InChI is InChI=1S/C26H21ClFN5O5/c27-17-3-1-15(2-4-17)13-32-24(31-25(36)33(26(32)37)14-16-11-21(16)23(34)35)30-19-6-8-20(9-7-19)38-22-10-5-18(28)12-29-22/h1-10,12,16,21H,11,13-14H2,(H,34,35)(H,30,31,36)/t16-,21-/m1/s1. The van der Waals surface area contributed by atoms with E-state index in [0.717, 1.165) is 16.3 Å². The van der Waals surface area contributed by atoms with Crippen molar-refractivity contribution in [1.82, 2.24) is 19.1 Å². The van der Waals surface area contributed by atoms with Gasteiger partial charge in [0.25, 0.3) is 0 Å². The molecular weight excluding hydrogens is 517 g/mol. The van der Waals surface area contributed by atoms with Crippen LogP contribution in [0.15, 0.2) is 76.4 Å². The van der Waals surface area contributed by atoms with Gasteiger partial charge in [0.1, 0.15) is 11.6 Å². The van der Waals surface area contributed by atoms with Crippen molar-refractivity contribution in [1.29, 1.82) is 0 Å². The Morgan fingerprint density at radius 1 is 1.08 bits per heavy atom. The molecular formula is C26H21ClFN5O5. The summed E-state index contributed by atoms with van der Waals surface area (Å²) in [5, 5.41) is 12.7. The van der Waals surface area contributed by atoms with Gasteiger partial charge in [-0.3, -0.25) is 9.36 Å². The largest absolute Gasteiger partial charge is 0.481 e. The summed E-state index contributed by atoms with van der Waals surface area (Å²) in [7, 11) is 0. The van der Waals surface area contributed by atoms with Crippen LogP contribution in [0.3, 0.4) is 0 Å². The van der Waals surface area contributed by atoms with E-state index in [4.69, 9.17) is 16.3 Å².